The second-order valence-electron chi connectivity index (χ2n) is 6.19. The van der Waals surface area contributed by atoms with Crippen LogP contribution in [0, 0.1) is 11.8 Å². The van der Waals surface area contributed by atoms with Crippen LogP contribution in [0.1, 0.15) is 60.3 Å². The van der Waals surface area contributed by atoms with Gasteiger partial charge in [0.25, 0.3) is 0 Å². The van der Waals surface area contributed by atoms with Gasteiger partial charge in [-0.1, -0.05) is 40.0 Å². The van der Waals surface area contributed by atoms with Gasteiger partial charge in [-0.2, -0.15) is 0 Å². The zero-order valence-electron chi connectivity index (χ0n) is 11.8. The summed E-state index contributed by atoms with van der Waals surface area (Å²) in [5.74, 6) is 1.62. The molecule has 0 radical (unpaired) electrons. The Labute approximate surface area is 102 Å². The lowest BCUT2D eigenvalue weighted by atomic mass is 9.97. The average molecular weight is 229 g/mol. The van der Waals surface area contributed by atoms with Gasteiger partial charge in [0.1, 0.15) is 0 Å². The molecule has 1 unspecified atom stereocenters. The third-order valence-electron chi connectivity index (χ3n) is 3.11. The monoisotopic (exact) mass is 229 g/mol. The summed E-state index contributed by atoms with van der Waals surface area (Å²) in [7, 11) is 0. The number of nitrogens with one attached hydrogen (secondary N) is 1. The summed E-state index contributed by atoms with van der Waals surface area (Å²) in [6.45, 7) is 12.2. The Hall–Kier alpha value is -0.0800. The molecule has 16 heavy (non-hydrogen) atoms. The first kappa shape index (κ1) is 15.9. The normalized spacial score (nSPS) is 14.4. The Morgan fingerprint density at radius 1 is 1.06 bits per heavy atom. The first-order chi connectivity index (χ1) is 7.37. The minimum Gasteiger partial charge on any atom is -0.394 e. The number of hydrogen-bond donors (Lipinski definition) is 2. The Kier molecular flexibility index (Phi) is 8.04. The highest BCUT2D eigenvalue weighted by atomic mass is 16.3. The summed E-state index contributed by atoms with van der Waals surface area (Å²) in [6.07, 6.45) is 5.24. The average Bonchev–Trinajstić information content (AvgIpc) is 2.17. The van der Waals surface area contributed by atoms with E-state index in [2.05, 4.69) is 26.1 Å². The number of rotatable bonds is 9. The van der Waals surface area contributed by atoms with Gasteiger partial charge in [0.2, 0.25) is 0 Å². The lowest BCUT2D eigenvalue weighted by Crippen LogP contribution is -2.43. The summed E-state index contributed by atoms with van der Waals surface area (Å²) in [6, 6.07) is 0. The second-order valence-corrected chi connectivity index (χ2v) is 6.19. The van der Waals surface area contributed by atoms with Gasteiger partial charge in [-0.05, 0) is 38.6 Å². The summed E-state index contributed by atoms with van der Waals surface area (Å²) in [4.78, 5) is 0. The summed E-state index contributed by atoms with van der Waals surface area (Å²) < 4.78 is 0. The molecule has 2 N–H and O–H groups in total. The maximum absolute atomic E-state index is 9.10. The largest absolute Gasteiger partial charge is 0.394 e. The maximum Gasteiger partial charge on any atom is 0.0607 e. The molecule has 0 aliphatic rings. The van der Waals surface area contributed by atoms with Crippen LogP contribution in [0.3, 0.4) is 0 Å². The van der Waals surface area contributed by atoms with Crippen molar-refractivity contribution >= 4 is 0 Å². The molecule has 2 heteroatoms. The molecule has 0 aromatic heterocycles. The molecule has 0 amide bonds. The van der Waals surface area contributed by atoms with E-state index in [1.165, 1.54) is 25.7 Å². The van der Waals surface area contributed by atoms with Crippen LogP contribution in [-0.4, -0.2) is 23.8 Å². The molecule has 0 saturated heterocycles. The van der Waals surface area contributed by atoms with Crippen molar-refractivity contribution in [1.29, 1.82) is 0 Å². The summed E-state index contributed by atoms with van der Waals surface area (Å²) >= 11 is 0. The minimum absolute atomic E-state index is 0.127. The SMILES string of the molecule is CC(C)CCCC(C)CCNC(C)(C)CO. The Bertz CT molecular complexity index is 166. The van der Waals surface area contributed by atoms with Crippen LogP contribution in [-0.2, 0) is 0 Å². The fourth-order valence-electron chi connectivity index (χ4n) is 1.73. The number of hydrogen-bond acceptors (Lipinski definition) is 2. The summed E-state index contributed by atoms with van der Waals surface area (Å²) in [5.41, 5.74) is -0.127. The maximum atomic E-state index is 9.10. The van der Waals surface area contributed by atoms with E-state index in [0.717, 1.165) is 18.4 Å². The van der Waals surface area contributed by atoms with E-state index in [1.807, 2.05) is 13.8 Å². The number of aliphatic hydroxyl groups is 1. The van der Waals surface area contributed by atoms with Crippen molar-refractivity contribution in [3.05, 3.63) is 0 Å². The van der Waals surface area contributed by atoms with E-state index in [0.29, 0.717) is 0 Å². The Balaban J connectivity index is 3.47. The van der Waals surface area contributed by atoms with Gasteiger partial charge < -0.3 is 10.4 Å². The van der Waals surface area contributed by atoms with Crippen molar-refractivity contribution in [2.24, 2.45) is 11.8 Å². The van der Waals surface area contributed by atoms with Crippen molar-refractivity contribution < 1.29 is 5.11 Å². The first-order valence-corrected chi connectivity index (χ1v) is 6.73. The van der Waals surface area contributed by atoms with Gasteiger partial charge in [0, 0.05) is 5.54 Å². The molecule has 98 valence electrons. The van der Waals surface area contributed by atoms with Gasteiger partial charge in [-0.25, -0.2) is 0 Å². The van der Waals surface area contributed by atoms with E-state index in [-0.39, 0.29) is 12.1 Å². The van der Waals surface area contributed by atoms with Crippen molar-refractivity contribution in [2.45, 2.75) is 65.8 Å². The van der Waals surface area contributed by atoms with E-state index in [9.17, 15) is 0 Å². The first-order valence-electron chi connectivity index (χ1n) is 6.73. The van der Waals surface area contributed by atoms with E-state index in [4.69, 9.17) is 5.11 Å². The summed E-state index contributed by atoms with van der Waals surface area (Å²) in [5, 5.41) is 12.5. The van der Waals surface area contributed by atoms with Gasteiger partial charge >= 0.3 is 0 Å². The van der Waals surface area contributed by atoms with Crippen molar-refractivity contribution in [2.75, 3.05) is 13.2 Å². The molecule has 0 aromatic carbocycles. The predicted molar refractivity (Wildman–Crippen MR) is 71.6 cm³/mol. The van der Waals surface area contributed by atoms with Crippen LogP contribution in [0.5, 0.6) is 0 Å². The third kappa shape index (κ3) is 9.17. The molecule has 0 aromatic rings. The molecular formula is C14H31NO. The molecular weight excluding hydrogens is 198 g/mol. The smallest absolute Gasteiger partial charge is 0.0607 e. The fraction of sp³-hybridized carbons (Fsp3) is 1.00. The van der Waals surface area contributed by atoms with Crippen LogP contribution < -0.4 is 5.32 Å². The van der Waals surface area contributed by atoms with E-state index in [1.54, 1.807) is 0 Å². The second kappa shape index (κ2) is 8.08. The third-order valence-corrected chi connectivity index (χ3v) is 3.11. The molecule has 0 aliphatic carbocycles. The van der Waals surface area contributed by atoms with Gasteiger partial charge in [-0.15, -0.1) is 0 Å². The van der Waals surface area contributed by atoms with Crippen molar-refractivity contribution in [1.82, 2.24) is 5.32 Å². The molecule has 0 aliphatic heterocycles. The van der Waals surface area contributed by atoms with Crippen molar-refractivity contribution in [3.63, 3.8) is 0 Å². The van der Waals surface area contributed by atoms with Crippen LogP contribution >= 0.6 is 0 Å². The highest BCUT2D eigenvalue weighted by molar-refractivity contribution is 4.75. The molecule has 0 rings (SSSR count). The van der Waals surface area contributed by atoms with Crippen LogP contribution in [0.25, 0.3) is 0 Å². The highest BCUT2D eigenvalue weighted by Crippen LogP contribution is 2.15. The molecule has 0 spiro atoms. The highest BCUT2D eigenvalue weighted by Gasteiger charge is 2.14. The van der Waals surface area contributed by atoms with Crippen LogP contribution in [0.4, 0.5) is 0 Å². The van der Waals surface area contributed by atoms with Gasteiger partial charge in [0.15, 0.2) is 0 Å². The van der Waals surface area contributed by atoms with Crippen LogP contribution in [0.2, 0.25) is 0 Å². The zero-order valence-corrected chi connectivity index (χ0v) is 11.8. The van der Waals surface area contributed by atoms with Gasteiger partial charge in [-0.3, -0.25) is 0 Å². The zero-order chi connectivity index (χ0) is 12.6. The minimum atomic E-state index is -0.127. The topological polar surface area (TPSA) is 32.3 Å². The van der Waals surface area contributed by atoms with Crippen molar-refractivity contribution in [3.8, 4) is 0 Å². The Morgan fingerprint density at radius 2 is 1.69 bits per heavy atom. The standard InChI is InChI=1S/C14H31NO/c1-12(2)7-6-8-13(3)9-10-15-14(4,5)11-16/h12-13,15-16H,6-11H2,1-5H3. The molecule has 0 fully saturated rings. The molecule has 0 saturated carbocycles. The van der Waals surface area contributed by atoms with E-state index < -0.39 is 0 Å². The fourth-order valence-corrected chi connectivity index (χ4v) is 1.73. The lowest BCUT2D eigenvalue weighted by molar-refractivity contribution is 0.186. The predicted octanol–water partition coefficient (Wildman–Crippen LogP) is 3.20. The Morgan fingerprint density at radius 3 is 2.19 bits per heavy atom. The number of aliphatic hydroxyl groups excluding tert-OH is 1. The lowest BCUT2D eigenvalue weighted by Gasteiger charge is -2.24. The molecule has 0 heterocycles. The van der Waals surface area contributed by atoms with Gasteiger partial charge in [0.05, 0.1) is 6.61 Å². The quantitative estimate of drug-likeness (QED) is 0.636. The molecule has 0 bridgehead atoms. The molecule has 2 nitrogen and oxygen atoms in total. The molecule has 1 atom stereocenters. The van der Waals surface area contributed by atoms with Crippen LogP contribution in [0.15, 0.2) is 0 Å². The van der Waals surface area contributed by atoms with E-state index >= 15 is 0 Å².